The molecule has 1 aromatic carbocycles. The first-order valence-electron chi connectivity index (χ1n) is 6.71. The summed E-state index contributed by atoms with van der Waals surface area (Å²) in [7, 11) is 0. The van der Waals surface area contributed by atoms with E-state index in [1.165, 1.54) is 6.20 Å². The molecule has 23 heavy (non-hydrogen) atoms. The molecule has 0 aliphatic rings. The Morgan fingerprint density at radius 3 is 2.52 bits per heavy atom. The molecule has 0 N–H and O–H groups in total. The third-order valence-electron chi connectivity index (χ3n) is 3.23. The van der Waals surface area contributed by atoms with Gasteiger partial charge < -0.3 is 8.98 Å². The first kappa shape index (κ1) is 15.1. The van der Waals surface area contributed by atoms with Gasteiger partial charge in [-0.2, -0.15) is 13.2 Å². The molecular weight excluding hydrogens is 309 g/mol. The molecule has 0 bridgehead atoms. The fourth-order valence-electron chi connectivity index (χ4n) is 2.09. The van der Waals surface area contributed by atoms with Crippen LogP contribution in [-0.2, 0) is 12.7 Å². The third kappa shape index (κ3) is 3.33. The fourth-order valence-corrected chi connectivity index (χ4v) is 2.09. The molecule has 3 rings (SSSR count). The SMILES string of the molecule is O=c1ccc(C(F)(F)F)cn1Cc1ncc(-c2ccccc2)o1. The number of halogens is 3. The molecule has 118 valence electrons. The molecule has 0 atom stereocenters. The average molecular weight is 320 g/mol. The number of hydrogen-bond donors (Lipinski definition) is 0. The summed E-state index contributed by atoms with van der Waals surface area (Å²) in [5, 5.41) is 0. The first-order valence-corrected chi connectivity index (χ1v) is 6.71. The van der Waals surface area contributed by atoms with Crippen LogP contribution in [0.5, 0.6) is 0 Å². The number of alkyl halides is 3. The van der Waals surface area contributed by atoms with Gasteiger partial charge in [0.1, 0.15) is 6.54 Å². The van der Waals surface area contributed by atoms with Gasteiger partial charge in [0.05, 0.1) is 11.8 Å². The molecule has 3 aromatic rings. The monoisotopic (exact) mass is 320 g/mol. The van der Waals surface area contributed by atoms with Crippen LogP contribution in [0.2, 0.25) is 0 Å². The molecule has 2 heterocycles. The number of benzene rings is 1. The number of rotatable bonds is 3. The average Bonchev–Trinajstić information content (AvgIpc) is 2.98. The second-order valence-electron chi connectivity index (χ2n) is 4.87. The van der Waals surface area contributed by atoms with Crippen molar-refractivity contribution in [2.45, 2.75) is 12.7 Å². The summed E-state index contributed by atoms with van der Waals surface area (Å²) in [5.41, 5.74) is -0.660. The van der Waals surface area contributed by atoms with Crippen molar-refractivity contribution in [3.8, 4) is 11.3 Å². The second-order valence-corrected chi connectivity index (χ2v) is 4.87. The minimum absolute atomic E-state index is 0.158. The van der Waals surface area contributed by atoms with Crippen LogP contribution in [0.4, 0.5) is 13.2 Å². The zero-order chi connectivity index (χ0) is 16.4. The van der Waals surface area contributed by atoms with Crippen molar-refractivity contribution in [1.82, 2.24) is 9.55 Å². The molecular formula is C16H11F3N2O2. The summed E-state index contributed by atoms with van der Waals surface area (Å²) in [6.07, 6.45) is -2.28. The van der Waals surface area contributed by atoms with Crippen molar-refractivity contribution in [3.05, 3.63) is 76.7 Å². The molecule has 0 fully saturated rings. The molecule has 0 unspecified atom stereocenters. The Bertz CT molecular complexity index is 867. The molecule has 0 radical (unpaired) electrons. The summed E-state index contributed by atoms with van der Waals surface area (Å²) < 4.78 is 44.6. The van der Waals surface area contributed by atoms with Gasteiger partial charge in [-0.25, -0.2) is 4.98 Å². The maximum atomic E-state index is 12.7. The number of aromatic nitrogens is 2. The largest absolute Gasteiger partial charge is 0.439 e. The summed E-state index contributed by atoms with van der Waals surface area (Å²) in [5.74, 6) is 0.644. The lowest BCUT2D eigenvalue weighted by Gasteiger charge is -2.09. The molecule has 0 amide bonds. The highest BCUT2D eigenvalue weighted by molar-refractivity contribution is 5.55. The van der Waals surface area contributed by atoms with Crippen LogP contribution < -0.4 is 5.56 Å². The van der Waals surface area contributed by atoms with Crippen LogP contribution in [0.1, 0.15) is 11.5 Å². The van der Waals surface area contributed by atoms with Crippen molar-refractivity contribution < 1.29 is 17.6 Å². The van der Waals surface area contributed by atoms with Gasteiger partial charge in [0.25, 0.3) is 5.56 Å². The molecule has 0 aliphatic carbocycles. The highest BCUT2D eigenvalue weighted by Crippen LogP contribution is 2.28. The van der Waals surface area contributed by atoms with E-state index in [4.69, 9.17) is 4.42 Å². The van der Waals surface area contributed by atoms with Gasteiger partial charge in [-0.1, -0.05) is 30.3 Å². The Morgan fingerprint density at radius 2 is 1.83 bits per heavy atom. The zero-order valence-corrected chi connectivity index (χ0v) is 11.7. The lowest BCUT2D eigenvalue weighted by molar-refractivity contribution is -0.138. The van der Waals surface area contributed by atoms with Crippen LogP contribution >= 0.6 is 0 Å². The molecule has 0 spiro atoms. The zero-order valence-electron chi connectivity index (χ0n) is 11.7. The molecule has 0 aliphatic heterocycles. The smallest absolute Gasteiger partial charge is 0.417 e. The molecule has 4 nitrogen and oxygen atoms in total. The predicted octanol–water partition coefficient (Wildman–Crippen LogP) is 3.57. The van der Waals surface area contributed by atoms with Gasteiger partial charge in [-0.05, 0) is 6.07 Å². The van der Waals surface area contributed by atoms with Crippen molar-refractivity contribution in [2.75, 3.05) is 0 Å². The number of oxazole rings is 1. The summed E-state index contributed by atoms with van der Waals surface area (Å²) >= 11 is 0. The fraction of sp³-hybridized carbons (Fsp3) is 0.125. The molecule has 7 heteroatoms. The van der Waals surface area contributed by atoms with Gasteiger partial charge in [0.15, 0.2) is 5.76 Å². The predicted molar refractivity (Wildman–Crippen MR) is 76.7 cm³/mol. The van der Waals surface area contributed by atoms with E-state index in [2.05, 4.69) is 4.98 Å². The van der Waals surface area contributed by atoms with E-state index in [-0.39, 0.29) is 12.4 Å². The summed E-state index contributed by atoms with van der Waals surface area (Å²) in [4.78, 5) is 15.7. The van der Waals surface area contributed by atoms with E-state index in [1.807, 2.05) is 30.3 Å². The van der Waals surface area contributed by atoms with Crippen LogP contribution in [0.15, 0.2) is 64.1 Å². The van der Waals surface area contributed by atoms with E-state index in [0.29, 0.717) is 5.76 Å². The van der Waals surface area contributed by atoms with Crippen LogP contribution in [0.3, 0.4) is 0 Å². The number of nitrogens with zero attached hydrogens (tertiary/aromatic N) is 2. The van der Waals surface area contributed by atoms with Crippen LogP contribution in [0, 0.1) is 0 Å². The maximum absolute atomic E-state index is 12.7. The van der Waals surface area contributed by atoms with Crippen molar-refractivity contribution in [3.63, 3.8) is 0 Å². The second kappa shape index (κ2) is 5.75. The maximum Gasteiger partial charge on any atom is 0.417 e. The van der Waals surface area contributed by atoms with Gasteiger partial charge in [-0.3, -0.25) is 4.79 Å². The normalized spacial score (nSPS) is 11.6. The molecule has 0 saturated heterocycles. The van der Waals surface area contributed by atoms with E-state index in [0.717, 1.165) is 28.5 Å². The standard InChI is InChI=1S/C16H11F3N2O2/c17-16(18,19)12-6-7-15(22)21(9-12)10-14-20-8-13(23-14)11-4-2-1-3-5-11/h1-9H,10H2. The van der Waals surface area contributed by atoms with Crippen LogP contribution in [-0.4, -0.2) is 9.55 Å². The minimum Gasteiger partial charge on any atom is -0.439 e. The van der Waals surface area contributed by atoms with Crippen molar-refractivity contribution >= 4 is 0 Å². The van der Waals surface area contributed by atoms with Crippen molar-refractivity contribution in [2.24, 2.45) is 0 Å². The van der Waals surface area contributed by atoms with E-state index in [1.54, 1.807) is 0 Å². The van der Waals surface area contributed by atoms with E-state index < -0.39 is 17.3 Å². The Labute approximate surface area is 128 Å². The topological polar surface area (TPSA) is 48.0 Å². The minimum atomic E-state index is -4.51. The Hall–Kier alpha value is -2.83. The number of pyridine rings is 1. The Morgan fingerprint density at radius 1 is 1.09 bits per heavy atom. The Balaban J connectivity index is 1.89. The molecule has 2 aromatic heterocycles. The Kier molecular flexibility index (Phi) is 3.77. The summed E-state index contributed by atoms with van der Waals surface area (Å²) in [6, 6.07) is 10.8. The highest BCUT2D eigenvalue weighted by Gasteiger charge is 2.31. The van der Waals surface area contributed by atoms with Gasteiger partial charge in [-0.15, -0.1) is 0 Å². The van der Waals surface area contributed by atoms with Gasteiger partial charge in [0.2, 0.25) is 5.89 Å². The first-order chi connectivity index (χ1) is 10.9. The van der Waals surface area contributed by atoms with Crippen molar-refractivity contribution in [1.29, 1.82) is 0 Å². The van der Waals surface area contributed by atoms with E-state index >= 15 is 0 Å². The van der Waals surface area contributed by atoms with E-state index in [9.17, 15) is 18.0 Å². The molecule has 0 saturated carbocycles. The lowest BCUT2D eigenvalue weighted by atomic mass is 10.2. The van der Waals surface area contributed by atoms with Gasteiger partial charge >= 0.3 is 6.18 Å². The summed E-state index contributed by atoms with van der Waals surface area (Å²) in [6.45, 7) is -0.171. The lowest BCUT2D eigenvalue weighted by Crippen LogP contribution is -2.22. The van der Waals surface area contributed by atoms with Crippen LogP contribution in [0.25, 0.3) is 11.3 Å². The van der Waals surface area contributed by atoms with Gasteiger partial charge in [0, 0.05) is 17.8 Å². The quantitative estimate of drug-likeness (QED) is 0.741. The highest BCUT2D eigenvalue weighted by atomic mass is 19.4. The number of hydrogen-bond acceptors (Lipinski definition) is 3. The third-order valence-corrected chi connectivity index (χ3v) is 3.23.